The largest absolute Gasteiger partial charge is 0.328 e. The van der Waals surface area contributed by atoms with Gasteiger partial charge >= 0.3 is 5.69 Å². The summed E-state index contributed by atoms with van der Waals surface area (Å²) in [6.45, 7) is 2.69. The minimum absolute atomic E-state index is 0.0397. The Morgan fingerprint density at radius 3 is 2.75 bits per heavy atom. The van der Waals surface area contributed by atoms with E-state index < -0.39 is 21.3 Å². The van der Waals surface area contributed by atoms with Crippen LogP contribution in [0.3, 0.4) is 0 Å². The Morgan fingerprint density at radius 1 is 1.29 bits per heavy atom. The fraction of sp³-hybridized carbons (Fsp3) is 0.467. The third-order valence-corrected chi connectivity index (χ3v) is 6.37. The van der Waals surface area contributed by atoms with E-state index in [4.69, 9.17) is 5.73 Å². The summed E-state index contributed by atoms with van der Waals surface area (Å²) >= 11 is 0. The summed E-state index contributed by atoms with van der Waals surface area (Å²) in [5, 5.41) is 0.136. The molecule has 0 radical (unpaired) electrons. The summed E-state index contributed by atoms with van der Waals surface area (Å²) in [6, 6.07) is 4.07. The highest BCUT2D eigenvalue weighted by molar-refractivity contribution is 7.89. The average molecular weight is 352 g/mol. The van der Waals surface area contributed by atoms with Gasteiger partial charge in [0, 0.05) is 19.1 Å². The third kappa shape index (κ3) is 3.02. The lowest BCUT2D eigenvalue weighted by molar-refractivity contribution is 0.243. The van der Waals surface area contributed by atoms with Crippen molar-refractivity contribution in [1.82, 2.24) is 14.3 Å². The van der Waals surface area contributed by atoms with Crippen molar-refractivity contribution >= 4 is 20.9 Å². The van der Waals surface area contributed by atoms with E-state index in [9.17, 15) is 18.0 Å². The van der Waals surface area contributed by atoms with Gasteiger partial charge in [-0.15, -0.1) is 0 Å². The standard InChI is InChI=1S/C15H20N4O4S/c1-9(16)10-3-2-6-19(8-10)24(22,23)11-4-5-13-12(7-11)14(20)18-15(21)17-13/h4-5,7,9-10H,2-3,6,8,16H2,1H3,(H2,17,18,20,21). The highest BCUT2D eigenvalue weighted by Crippen LogP contribution is 2.25. The molecule has 1 saturated heterocycles. The molecule has 1 aliphatic rings. The highest BCUT2D eigenvalue weighted by atomic mass is 32.2. The van der Waals surface area contributed by atoms with Crippen molar-refractivity contribution in [3.63, 3.8) is 0 Å². The van der Waals surface area contributed by atoms with E-state index in [1.807, 2.05) is 6.92 Å². The Kier molecular flexibility index (Phi) is 4.33. The molecule has 2 unspecified atom stereocenters. The number of nitrogens with two attached hydrogens (primary N) is 1. The highest BCUT2D eigenvalue weighted by Gasteiger charge is 2.31. The van der Waals surface area contributed by atoms with E-state index in [1.54, 1.807) is 0 Å². The van der Waals surface area contributed by atoms with Crippen molar-refractivity contribution < 1.29 is 8.42 Å². The Balaban J connectivity index is 2.02. The molecule has 9 heteroatoms. The van der Waals surface area contributed by atoms with Crippen molar-refractivity contribution in [2.45, 2.75) is 30.7 Å². The smallest absolute Gasteiger partial charge is 0.326 e. The molecular formula is C15H20N4O4S. The van der Waals surface area contributed by atoms with Gasteiger partial charge in [-0.1, -0.05) is 0 Å². The topological polar surface area (TPSA) is 129 Å². The van der Waals surface area contributed by atoms with Gasteiger partial charge in [0.15, 0.2) is 0 Å². The average Bonchev–Trinajstić information content (AvgIpc) is 2.54. The fourth-order valence-corrected chi connectivity index (χ4v) is 4.64. The molecule has 2 heterocycles. The third-order valence-electron chi connectivity index (χ3n) is 4.51. The van der Waals surface area contributed by atoms with E-state index >= 15 is 0 Å². The zero-order valence-electron chi connectivity index (χ0n) is 13.3. The van der Waals surface area contributed by atoms with Gasteiger partial charge in [-0.05, 0) is 43.9 Å². The number of benzene rings is 1. The lowest BCUT2D eigenvalue weighted by Crippen LogP contribution is -2.44. The molecule has 1 aromatic heterocycles. The summed E-state index contributed by atoms with van der Waals surface area (Å²) in [6.07, 6.45) is 1.66. The predicted molar refractivity (Wildman–Crippen MR) is 90.3 cm³/mol. The number of hydrogen-bond acceptors (Lipinski definition) is 5. The first-order chi connectivity index (χ1) is 11.3. The van der Waals surface area contributed by atoms with Crippen LogP contribution < -0.4 is 17.0 Å². The second-order valence-electron chi connectivity index (χ2n) is 6.24. The van der Waals surface area contributed by atoms with Gasteiger partial charge in [-0.3, -0.25) is 9.78 Å². The summed E-state index contributed by atoms with van der Waals surface area (Å²) in [5.74, 6) is 0.119. The lowest BCUT2D eigenvalue weighted by Gasteiger charge is -2.33. The van der Waals surface area contributed by atoms with Gasteiger partial charge in [0.2, 0.25) is 10.0 Å². The van der Waals surface area contributed by atoms with E-state index in [0.717, 1.165) is 12.8 Å². The van der Waals surface area contributed by atoms with Crippen LogP contribution in [0.4, 0.5) is 0 Å². The summed E-state index contributed by atoms with van der Waals surface area (Å²) in [4.78, 5) is 27.8. The van der Waals surface area contributed by atoms with Crippen LogP contribution in [-0.2, 0) is 10.0 Å². The molecule has 1 fully saturated rings. The van der Waals surface area contributed by atoms with Gasteiger partial charge < -0.3 is 10.7 Å². The molecule has 2 atom stereocenters. The Bertz CT molecular complexity index is 977. The zero-order valence-corrected chi connectivity index (χ0v) is 14.1. The predicted octanol–water partition coefficient (Wildman–Crippen LogP) is -0.0357. The normalized spacial score (nSPS) is 21.0. The van der Waals surface area contributed by atoms with Crippen LogP contribution in [0.1, 0.15) is 19.8 Å². The maximum atomic E-state index is 12.9. The molecule has 0 amide bonds. The number of H-pyrrole nitrogens is 2. The van der Waals surface area contributed by atoms with Crippen LogP contribution in [0.25, 0.3) is 10.9 Å². The summed E-state index contributed by atoms with van der Waals surface area (Å²) < 4.78 is 27.2. The first-order valence-corrected chi connectivity index (χ1v) is 9.25. The summed E-state index contributed by atoms with van der Waals surface area (Å²) in [7, 11) is -3.71. The molecule has 8 nitrogen and oxygen atoms in total. The quantitative estimate of drug-likeness (QED) is 0.714. The number of hydrogen-bond donors (Lipinski definition) is 3. The molecule has 130 valence electrons. The van der Waals surface area contributed by atoms with Crippen molar-refractivity contribution in [2.24, 2.45) is 11.7 Å². The zero-order chi connectivity index (χ0) is 17.5. The Labute approximate surface area is 138 Å². The van der Waals surface area contributed by atoms with Gasteiger partial charge in [0.25, 0.3) is 5.56 Å². The van der Waals surface area contributed by atoms with E-state index in [1.165, 1.54) is 22.5 Å². The molecule has 1 aliphatic heterocycles. The maximum absolute atomic E-state index is 12.9. The van der Waals surface area contributed by atoms with Crippen LogP contribution in [0.2, 0.25) is 0 Å². The van der Waals surface area contributed by atoms with Crippen LogP contribution in [0.15, 0.2) is 32.7 Å². The van der Waals surface area contributed by atoms with E-state index in [2.05, 4.69) is 9.97 Å². The number of nitrogens with one attached hydrogen (secondary N) is 2. The Hall–Kier alpha value is -1.97. The SMILES string of the molecule is CC(N)C1CCCN(S(=O)(=O)c2ccc3[nH]c(=O)[nH]c(=O)c3c2)C1. The van der Waals surface area contributed by atoms with Gasteiger partial charge in [-0.25, -0.2) is 13.2 Å². The van der Waals surface area contributed by atoms with Crippen molar-refractivity contribution in [3.8, 4) is 0 Å². The number of aromatic nitrogens is 2. The van der Waals surface area contributed by atoms with Crippen LogP contribution in [0, 0.1) is 5.92 Å². The number of aromatic amines is 2. The first-order valence-electron chi connectivity index (χ1n) is 7.81. The van der Waals surface area contributed by atoms with Crippen LogP contribution in [-0.4, -0.2) is 41.8 Å². The molecule has 4 N–H and O–H groups in total. The number of rotatable bonds is 3. The van der Waals surface area contributed by atoms with E-state index in [-0.39, 0.29) is 22.2 Å². The van der Waals surface area contributed by atoms with Gasteiger partial charge in [-0.2, -0.15) is 4.31 Å². The Morgan fingerprint density at radius 2 is 2.04 bits per heavy atom. The van der Waals surface area contributed by atoms with Gasteiger partial charge in [0.1, 0.15) is 0 Å². The van der Waals surface area contributed by atoms with Crippen molar-refractivity contribution in [1.29, 1.82) is 0 Å². The second-order valence-corrected chi connectivity index (χ2v) is 8.18. The maximum Gasteiger partial charge on any atom is 0.326 e. The molecule has 24 heavy (non-hydrogen) atoms. The monoisotopic (exact) mass is 352 g/mol. The minimum atomic E-state index is -3.71. The van der Waals surface area contributed by atoms with Crippen molar-refractivity contribution in [3.05, 3.63) is 39.0 Å². The van der Waals surface area contributed by atoms with Crippen LogP contribution >= 0.6 is 0 Å². The van der Waals surface area contributed by atoms with Crippen LogP contribution in [0.5, 0.6) is 0 Å². The fourth-order valence-electron chi connectivity index (χ4n) is 3.08. The van der Waals surface area contributed by atoms with Crippen molar-refractivity contribution in [2.75, 3.05) is 13.1 Å². The van der Waals surface area contributed by atoms with E-state index in [0.29, 0.717) is 18.6 Å². The molecule has 0 bridgehead atoms. The number of nitrogens with zero attached hydrogens (tertiary/aromatic N) is 1. The molecule has 1 aromatic carbocycles. The van der Waals surface area contributed by atoms with Gasteiger partial charge in [0.05, 0.1) is 15.8 Å². The minimum Gasteiger partial charge on any atom is -0.328 e. The molecular weight excluding hydrogens is 332 g/mol. The molecule has 3 rings (SSSR count). The molecule has 2 aromatic rings. The number of piperidine rings is 1. The number of sulfonamides is 1. The second kappa shape index (κ2) is 6.15. The summed E-state index contributed by atoms with van der Waals surface area (Å²) in [5.41, 5.74) is 4.98. The molecule has 0 aliphatic carbocycles. The molecule has 0 spiro atoms. The lowest BCUT2D eigenvalue weighted by atomic mass is 9.93. The first kappa shape index (κ1) is 16.9. The number of fused-ring (bicyclic) bond motifs is 1. The molecule has 0 saturated carbocycles.